The van der Waals surface area contributed by atoms with Crippen LogP contribution in [0.25, 0.3) is 12.2 Å². The predicted molar refractivity (Wildman–Crippen MR) is 232 cm³/mol. The maximum Gasteiger partial charge on any atom is 0.316 e. The lowest BCUT2D eigenvalue weighted by molar-refractivity contribution is -0.141. The highest BCUT2D eigenvalue weighted by Crippen LogP contribution is 2.27. The fourth-order valence-electron chi connectivity index (χ4n) is 8.08. The van der Waals surface area contributed by atoms with Gasteiger partial charge in [0.2, 0.25) is 11.8 Å². The van der Waals surface area contributed by atoms with Gasteiger partial charge in [0.25, 0.3) is 0 Å². The van der Waals surface area contributed by atoms with Crippen LogP contribution in [0.4, 0.5) is 25.0 Å². The minimum absolute atomic E-state index is 0.0438. The largest absolute Gasteiger partial charge is 0.398 e. The van der Waals surface area contributed by atoms with Crippen molar-refractivity contribution in [3.8, 4) is 0 Å². The van der Waals surface area contributed by atoms with Gasteiger partial charge in [0.05, 0.1) is 56.3 Å². The minimum Gasteiger partial charge on any atom is -0.398 e. The first-order valence-corrected chi connectivity index (χ1v) is 20.6. The van der Waals surface area contributed by atoms with Crippen LogP contribution in [0.15, 0.2) is 97.1 Å². The first-order chi connectivity index (χ1) is 29.4. The van der Waals surface area contributed by atoms with E-state index in [0.717, 1.165) is 23.2 Å². The van der Waals surface area contributed by atoms with Crippen molar-refractivity contribution in [2.75, 3.05) is 63.7 Å². The number of carbonyl (C=O) groups excluding carboxylic acids is 3. The zero-order chi connectivity index (χ0) is 43.0. The van der Waals surface area contributed by atoms with E-state index in [1.807, 2.05) is 21.9 Å². The van der Waals surface area contributed by atoms with E-state index in [1.54, 1.807) is 66.8 Å². The molecule has 61 heavy (non-hydrogen) atoms. The lowest BCUT2D eigenvalue weighted by Gasteiger charge is -2.49. The summed E-state index contributed by atoms with van der Waals surface area (Å²) < 4.78 is 37.8. The minimum atomic E-state index is -0.710. The van der Waals surface area contributed by atoms with Gasteiger partial charge in [-0.15, -0.1) is 0 Å². The number of hydrogen-bond donors (Lipinski definition) is 3. The van der Waals surface area contributed by atoms with Crippen molar-refractivity contribution in [1.29, 1.82) is 0 Å². The number of halogens is 4. The highest BCUT2D eigenvalue weighted by molar-refractivity contribution is 6.31. The third-order valence-electron chi connectivity index (χ3n) is 11.2. The average molecular weight is 875 g/mol. The topological polar surface area (TPSA) is 147 Å². The van der Waals surface area contributed by atoms with Gasteiger partial charge in [-0.25, -0.2) is 13.6 Å². The summed E-state index contributed by atoms with van der Waals surface area (Å²) in [7, 11) is 0. The molecule has 4 saturated heterocycles. The smallest absolute Gasteiger partial charge is 0.316 e. The van der Waals surface area contributed by atoms with E-state index in [4.69, 9.17) is 44.1 Å². The third-order valence-corrected chi connectivity index (χ3v) is 11.6. The molecule has 4 atom stereocenters. The Morgan fingerprint density at radius 3 is 1.48 bits per heavy atom. The molecule has 4 aromatic rings. The first-order valence-electron chi connectivity index (χ1n) is 19.9. The normalized spacial score (nSPS) is 21.6. The summed E-state index contributed by atoms with van der Waals surface area (Å²) in [5, 5.41) is 3.53. The zero-order valence-corrected chi connectivity index (χ0v) is 34.8. The van der Waals surface area contributed by atoms with E-state index in [0.29, 0.717) is 86.1 Å². The number of piperazine rings is 2. The number of benzene rings is 4. The summed E-state index contributed by atoms with van der Waals surface area (Å²) >= 11 is 11.9. The van der Waals surface area contributed by atoms with Crippen molar-refractivity contribution in [2.24, 2.45) is 5.73 Å². The number of morpholine rings is 2. The molecule has 4 bridgehead atoms. The summed E-state index contributed by atoms with van der Waals surface area (Å²) in [5.74, 6) is -0.656. The Hall–Kier alpha value is -5.35. The quantitative estimate of drug-likeness (QED) is 0.132. The highest BCUT2D eigenvalue weighted by atomic mass is 35.5. The zero-order valence-electron chi connectivity index (χ0n) is 33.3. The Balaban J connectivity index is 0.000000185. The summed E-state index contributed by atoms with van der Waals surface area (Å²) in [6.45, 7) is 5.90. The molecule has 4 aromatic carbocycles. The molecule has 0 aromatic heterocycles. The van der Waals surface area contributed by atoms with Crippen molar-refractivity contribution in [1.82, 2.24) is 19.6 Å². The van der Waals surface area contributed by atoms with Gasteiger partial charge in [-0.2, -0.15) is 0 Å². The maximum absolute atomic E-state index is 13.2. The van der Waals surface area contributed by atoms with E-state index in [9.17, 15) is 23.2 Å². The van der Waals surface area contributed by atoms with Gasteiger partial charge in [0, 0.05) is 67.2 Å². The fraction of sp³-hybridized carbons (Fsp3) is 0.311. The molecule has 4 unspecified atom stereocenters. The lowest BCUT2D eigenvalue weighted by atomic mass is 10.0. The number of hydrogen-bond acceptors (Lipinski definition) is 8. The molecule has 16 heteroatoms. The van der Waals surface area contributed by atoms with Crippen LogP contribution in [0.5, 0.6) is 0 Å². The number of anilines is 2. The Morgan fingerprint density at radius 1 is 0.639 bits per heavy atom. The number of carbonyl (C=O) groups is 3. The van der Waals surface area contributed by atoms with Crippen molar-refractivity contribution in [2.45, 2.75) is 37.3 Å². The summed E-state index contributed by atoms with van der Waals surface area (Å²) in [6, 6.07) is 22.9. The maximum atomic E-state index is 13.2. The number of urea groups is 1. The van der Waals surface area contributed by atoms with Gasteiger partial charge < -0.3 is 36.1 Å². The van der Waals surface area contributed by atoms with E-state index in [-0.39, 0.29) is 47.6 Å². The van der Waals surface area contributed by atoms with Crippen LogP contribution in [0.3, 0.4) is 0 Å². The van der Waals surface area contributed by atoms with Crippen molar-refractivity contribution >= 4 is 64.6 Å². The third kappa shape index (κ3) is 11.5. The first kappa shape index (κ1) is 43.7. The molecular weight excluding hydrogens is 827 g/mol. The van der Waals surface area contributed by atoms with E-state index < -0.39 is 6.03 Å². The standard InChI is InChI=1S/C23H24ClFN4O3.C22H23ClFN3O2/c24-17-5-3-16(21(9-17)27-23(26)31)4-8-22(30)28-11-19-13-32-14-20(12-28)29(19)10-15-1-6-18(25)7-2-15;23-17-5-3-16(21(25)9-17)4-8-22(28)26-11-19-13-29-14-20(12-26)27(19)10-15-1-6-18(24)7-2-15/h1-9,19-20H,10-14H2,(H3,26,27,31);1-9,19-20H,10-14,25H2/b2*8-4+. The Bertz CT molecular complexity index is 2240. The predicted octanol–water partition coefficient (Wildman–Crippen LogP) is 6.28. The average Bonchev–Trinajstić information content (AvgIpc) is 3.21. The number of nitrogen functional groups attached to an aromatic ring is 1. The highest BCUT2D eigenvalue weighted by Gasteiger charge is 2.40. The van der Waals surface area contributed by atoms with Crippen LogP contribution in [-0.4, -0.2) is 114 Å². The number of fused-ring (bicyclic) bond motifs is 4. The molecule has 4 fully saturated rings. The number of nitrogens with zero attached hydrogens (tertiary/aromatic N) is 4. The molecule has 0 spiro atoms. The van der Waals surface area contributed by atoms with Crippen LogP contribution in [0.2, 0.25) is 10.0 Å². The molecule has 8 rings (SSSR count). The second-order valence-electron chi connectivity index (χ2n) is 15.4. The summed E-state index contributed by atoms with van der Waals surface area (Å²) in [5.41, 5.74) is 15.6. The van der Waals surface area contributed by atoms with Crippen molar-refractivity contribution in [3.05, 3.63) is 141 Å². The van der Waals surface area contributed by atoms with Crippen LogP contribution < -0.4 is 16.8 Å². The number of primary amides is 1. The molecular formula is C45H47Cl2F2N7O5. The second kappa shape index (κ2) is 20.0. The molecule has 0 saturated carbocycles. The molecule has 12 nitrogen and oxygen atoms in total. The number of rotatable bonds is 9. The van der Waals surface area contributed by atoms with Crippen LogP contribution >= 0.6 is 23.2 Å². The Morgan fingerprint density at radius 2 is 1.05 bits per heavy atom. The molecule has 4 aliphatic rings. The van der Waals surface area contributed by atoms with Gasteiger partial charge >= 0.3 is 6.03 Å². The van der Waals surface area contributed by atoms with Gasteiger partial charge in [-0.3, -0.25) is 19.4 Å². The van der Waals surface area contributed by atoms with Crippen LogP contribution in [0, 0.1) is 11.6 Å². The number of ether oxygens (including phenoxy) is 2. The van der Waals surface area contributed by atoms with Gasteiger partial charge in [0.1, 0.15) is 11.6 Å². The Kier molecular flexibility index (Phi) is 14.3. The fourth-order valence-corrected chi connectivity index (χ4v) is 8.43. The van der Waals surface area contributed by atoms with Crippen molar-refractivity contribution in [3.63, 3.8) is 0 Å². The molecule has 4 heterocycles. The number of amides is 4. The SMILES string of the molecule is NC(=O)Nc1cc(Cl)ccc1/C=C/C(=O)N1CC2COCC(C1)N2Cc1ccc(F)cc1.Nc1cc(Cl)ccc1/C=C/C(=O)N1CC2COCC(C1)N2Cc1ccc(F)cc1. The summed E-state index contributed by atoms with van der Waals surface area (Å²) in [4.78, 5) is 45.3. The van der Waals surface area contributed by atoms with Gasteiger partial charge in [-0.1, -0.05) is 59.6 Å². The van der Waals surface area contributed by atoms with Gasteiger partial charge in [-0.05, 0) is 82.9 Å². The second-order valence-corrected chi connectivity index (χ2v) is 16.3. The number of nitrogens with two attached hydrogens (primary N) is 2. The Labute approximate surface area is 363 Å². The van der Waals surface area contributed by atoms with Crippen LogP contribution in [0.1, 0.15) is 22.3 Å². The molecule has 4 aliphatic heterocycles. The summed E-state index contributed by atoms with van der Waals surface area (Å²) in [6.07, 6.45) is 6.42. The van der Waals surface area contributed by atoms with Crippen LogP contribution in [-0.2, 0) is 32.2 Å². The molecule has 0 aliphatic carbocycles. The lowest BCUT2D eigenvalue weighted by Crippen LogP contribution is -2.64. The van der Waals surface area contributed by atoms with E-state index in [2.05, 4.69) is 15.1 Å². The molecule has 320 valence electrons. The number of nitrogens with one attached hydrogen (secondary N) is 1. The molecule has 5 N–H and O–H groups in total. The molecule has 4 amide bonds. The molecule has 0 radical (unpaired) electrons. The monoisotopic (exact) mass is 873 g/mol. The van der Waals surface area contributed by atoms with Crippen molar-refractivity contribution < 1.29 is 32.6 Å². The van der Waals surface area contributed by atoms with E-state index >= 15 is 0 Å². The van der Waals surface area contributed by atoms with Gasteiger partial charge in [0.15, 0.2) is 0 Å². The van der Waals surface area contributed by atoms with E-state index in [1.165, 1.54) is 30.3 Å².